The van der Waals surface area contributed by atoms with Crippen molar-refractivity contribution >= 4 is 17.8 Å². The van der Waals surface area contributed by atoms with Crippen LogP contribution < -0.4 is 9.47 Å². The van der Waals surface area contributed by atoms with Gasteiger partial charge in [-0.15, -0.1) is 0 Å². The molecule has 4 rings (SSSR count). The summed E-state index contributed by atoms with van der Waals surface area (Å²) in [7, 11) is 0. The van der Waals surface area contributed by atoms with Crippen molar-refractivity contribution in [2.75, 3.05) is 6.73 Å². The predicted octanol–water partition coefficient (Wildman–Crippen LogP) is 5.06. The number of nitrogens with zero attached hydrogens (tertiary/aromatic N) is 1. The lowest BCUT2D eigenvalue weighted by atomic mass is 10.1. The Morgan fingerprint density at radius 2 is 1.31 bits per heavy atom. The van der Waals surface area contributed by atoms with Crippen LogP contribution in [0.25, 0.3) is 0 Å². The standard InChI is InChI=1S/C25H18F3NO6/c1-15(24(32)33-14-29-22(30)20-4-2-3-5-21(20)23(29)31)34-17-10-12-19(13-11-17)35-18-8-6-16(7-9-18)25(26,27)28/h2-13,15H,14H2,1H3. The number of rotatable bonds is 7. The highest BCUT2D eigenvalue weighted by Crippen LogP contribution is 2.31. The quantitative estimate of drug-likeness (QED) is 0.344. The lowest BCUT2D eigenvalue weighted by Crippen LogP contribution is -2.36. The van der Waals surface area contributed by atoms with E-state index in [2.05, 4.69) is 0 Å². The number of ether oxygens (including phenoxy) is 3. The van der Waals surface area contributed by atoms with Gasteiger partial charge in [-0.25, -0.2) is 9.69 Å². The first kappa shape index (κ1) is 23.8. The van der Waals surface area contributed by atoms with Crippen LogP contribution >= 0.6 is 0 Å². The maximum absolute atomic E-state index is 12.6. The third-order valence-corrected chi connectivity index (χ3v) is 5.10. The van der Waals surface area contributed by atoms with Gasteiger partial charge in [0.1, 0.15) is 17.2 Å². The second-order valence-electron chi connectivity index (χ2n) is 7.53. The summed E-state index contributed by atoms with van der Waals surface area (Å²) in [6.07, 6.45) is -5.48. The van der Waals surface area contributed by atoms with Crippen LogP contribution in [-0.2, 0) is 15.7 Å². The molecule has 180 valence electrons. The van der Waals surface area contributed by atoms with E-state index < -0.39 is 42.4 Å². The van der Waals surface area contributed by atoms with Crippen molar-refractivity contribution in [3.8, 4) is 17.2 Å². The smallest absolute Gasteiger partial charge is 0.416 e. The Bertz CT molecular complexity index is 1220. The second-order valence-corrected chi connectivity index (χ2v) is 7.53. The van der Waals surface area contributed by atoms with Gasteiger partial charge in [-0.3, -0.25) is 9.59 Å². The normalized spacial score (nSPS) is 13.9. The summed E-state index contributed by atoms with van der Waals surface area (Å²) in [6.45, 7) is 0.899. The van der Waals surface area contributed by atoms with Gasteiger partial charge < -0.3 is 14.2 Å². The third kappa shape index (κ3) is 5.26. The molecule has 0 saturated heterocycles. The van der Waals surface area contributed by atoms with Gasteiger partial charge >= 0.3 is 12.1 Å². The monoisotopic (exact) mass is 485 g/mol. The number of carbonyl (C=O) groups is 3. The van der Waals surface area contributed by atoms with Crippen LogP contribution in [0, 0.1) is 0 Å². The zero-order valence-electron chi connectivity index (χ0n) is 18.2. The summed E-state index contributed by atoms with van der Waals surface area (Å²) in [6, 6.07) is 16.6. The highest BCUT2D eigenvalue weighted by molar-refractivity contribution is 6.21. The van der Waals surface area contributed by atoms with Gasteiger partial charge in [-0.05, 0) is 67.6 Å². The summed E-state index contributed by atoms with van der Waals surface area (Å²) in [4.78, 5) is 37.8. The van der Waals surface area contributed by atoms with Crippen molar-refractivity contribution in [3.05, 3.63) is 89.5 Å². The first-order chi connectivity index (χ1) is 16.6. The van der Waals surface area contributed by atoms with Crippen LogP contribution in [-0.4, -0.2) is 35.5 Å². The van der Waals surface area contributed by atoms with Crippen LogP contribution in [0.2, 0.25) is 0 Å². The average Bonchev–Trinajstić information content (AvgIpc) is 3.08. The Labute approximate surface area is 197 Å². The number of esters is 1. The highest BCUT2D eigenvalue weighted by atomic mass is 19.4. The fourth-order valence-corrected chi connectivity index (χ4v) is 3.29. The Hall–Kier alpha value is -4.34. The lowest BCUT2D eigenvalue weighted by Gasteiger charge is -2.17. The number of benzene rings is 3. The van der Waals surface area contributed by atoms with E-state index in [1.54, 1.807) is 12.1 Å². The van der Waals surface area contributed by atoms with Gasteiger partial charge in [-0.1, -0.05) is 12.1 Å². The summed E-state index contributed by atoms with van der Waals surface area (Å²) >= 11 is 0. The molecule has 10 heteroatoms. The first-order valence-electron chi connectivity index (χ1n) is 10.4. The molecule has 3 aromatic rings. The van der Waals surface area contributed by atoms with Gasteiger partial charge in [-0.2, -0.15) is 13.2 Å². The van der Waals surface area contributed by atoms with Gasteiger partial charge in [0, 0.05) is 0 Å². The van der Waals surface area contributed by atoms with Gasteiger partial charge in [0.15, 0.2) is 12.8 Å². The number of carbonyl (C=O) groups excluding carboxylic acids is 3. The number of imide groups is 1. The Kier molecular flexibility index (Phi) is 6.46. The zero-order valence-corrected chi connectivity index (χ0v) is 18.2. The third-order valence-electron chi connectivity index (χ3n) is 5.10. The zero-order chi connectivity index (χ0) is 25.2. The van der Waals surface area contributed by atoms with Gasteiger partial charge in [0.25, 0.3) is 11.8 Å². The number of alkyl halides is 3. The van der Waals surface area contributed by atoms with E-state index in [1.807, 2.05) is 0 Å². The van der Waals surface area contributed by atoms with Crippen LogP contribution in [0.3, 0.4) is 0 Å². The molecule has 1 aliphatic rings. The van der Waals surface area contributed by atoms with E-state index in [4.69, 9.17) is 14.2 Å². The van der Waals surface area contributed by atoms with E-state index in [1.165, 1.54) is 55.5 Å². The molecule has 0 bridgehead atoms. The molecular weight excluding hydrogens is 467 g/mol. The molecule has 2 amide bonds. The predicted molar refractivity (Wildman–Crippen MR) is 116 cm³/mol. The summed E-state index contributed by atoms with van der Waals surface area (Å²) in [5, 5.41) is 0. The number of hydrogen-bond donors (Lipinski definition) is 0. The van der Waals surface area contributed by atoms with E-state index in [-0.39, 0.29) is 16.9 Å². The topological polar surface area (TPSA) is 82.1 Å². The summed E-state index contributed by atoms with van der Waals surface area (Å²) in [5.74, 6) is -1.01. The highest BCUT2D eigenvalue weighted by Gasteiger charge is 2.36. The molecule has 3 aromatic carbocycles. The molecule has 0 spiro atoms. The van der Waals surface area contributed by atoms with Crippen molar-refractivity contribution in [2.24, 2.45) is 0 Å². The van der Waals surface area contributed by atoms with Crippen molar-refractivity contribution in [1.82, 2.24) is 4.90 Å². The number of hydrogen-bond acceptors (Lipinski definition) is 6. The molecule has 0 radical (unpaired) electrons. The van der Waals surface area contributed by atoms with Crippen molar-refractivity contribution in [1.29, 1.82) is 0 Å². The minimum Gasteiger partial charge on any atom is -0.479 e. The molecule has 1 unspecified atom stereocenters. The summed E-state index contributed by atoms with van der Waals surface area (Å²) in [5.41, 5.74) is -0.287. The number of fused-ring (bicyclic) bond motifs is 1. The molecule has 1 aliphatic heterocycles. The van der Waals surface area contributed by atoms with Crippen molar-refractivity contribution < 1.29 is 41.8 Å². The Morgan fingerprint density at radius 3 is 1.83 bits per heavy atom. The van der Waals surface area contributed by atoms with E-state index in [9.17, 15) is 27.6 Å². The molecule has 1 atom stereocenters. The van der Waals surface area contributed by atoms with Crippen LogP contribution in [0.5, 0.6) is 17.2 Å². The Morgan fingerprint density at radius 1 is 0.829 bits per heavy atom. The fourth-order valence-electron chi connectivity index (χ4n) is 3.29. The molecule has 1 heterocycles. The number of halogens is 3. The van der Waals surface area contributed by atoms with Gasteiger partial charge in [0.2, 0.25) is 0 Å². The second kappa shape index (κ2) is 9.49. The maximum atomic E-state index is 12.6. The van der Waals surface area contributed by atoms with Crippen molar-refractivity contribution in [2.45, 2.75) is 19.2 Å². The minimum absolute atomic E-state index is 0.219. The SMILES string of the molecule is CC(Oc1ccc(Oc2ccc(C(F)(F)F)cc2)cc1)C(=O)OCN1C(=O)c2ccccc2C1=O. The van der Waals surface area contributed by atoms with Crippen LogP contribution in [0.4, 0.5) is 13.2 Å². The summed E-state index contributed by atoms with van der Waals surface area (Å²) < 4.78 is 54.1. The first-order valence-corrected chi connectivity index (χ1v) is 10.4. The maximum Gasteiger partial charge on any atom is 0.416 e. The van der Waals surface area contributed by atoms with Crippen molar-refractivity contribution in [3.63, 3.8) is 0 Å². The molecule has 7 nitrogen and oxygen atoms in total. The van der Waals surface area contributed by atoms with E-state index >= 15 is 0 Å². The molecule has 0 aromatic heterocycles. The van der Waals surface area contributed by atoms with Gasteiger partial charge in [0.05, 0.1) is 16.7 Å². The molecule has 0 fully saturated rings. The average molecular weight is 485 g/mol. The molecule has 35 heavy (non-hydrogen) atoms. The van der Waals surface area contributed by atoms with Crippen LogP contribution in [0.15, 0.2) is 72.8 Å². The van der Waals surface area contributed by atoms with E-state index in [0.717, 1.165) is 17.0 Å². The van der Waals surface area contributed by atoms with Crippen LogP contribution in [0.1, 0.15) is 33.2 Å². The molecular formula is C25H18F3NO6. The van der Waals surface area contributed by atoms with E-state index in [0.29, 0.717) is 11.5 Å². The molecule has 0 saturated carbocycles. The largest absolute Gasteiger partial charge is 0.479 e. The fraction of sp³-hybridized carbons (Fsp3) is 0.160. The minimum atomic E-state index is -4.43. The lowest BCUT2D eigenvalue weighted by molar-refractivity contribution is -0.153. The Balaban J connectivity index is 1.29. The molecule has 0 N–H and O–H groups in total. The number of amides is 2. The molecule has 0 aliphatic carbocycles.